The van der Waals surface area contributed by atoms with E-state index in [0.29, 0.717) is 5.02 Å². The molecular weight excluding hydrogens is 538 g/mol. The molecule has 36 heavy (non-hydrogen) atoms. The molecule has 0 radical (unpaired) electrons. The number of carbonyl (C=O) groups is 1. The van der Waals surface area contributed by atoms with E-state index in [-0.39, 0.29) is 30.4 Å². The molecule has 10 heteroatoms. The van der Waals surface area contributed by atoms with Gasteiger partial charge in [0.1, 0.15) is 16.7 Å². The Hall–Kier alpha value is -2.40. The predicted molar refractivity (Wildman–Crippen MR) is 146 cm³/mol. The van der Waals surface area contributed by atoms with Crippen molar-refractivity contribution in [1.29, 1.82) is 0 Å². The Bertz CT molecular complexity index is 1450. The van der Waals surface area contributed by atoms with Crippen LogP contribution in [-0.2, 0) is 32.6 Å². The summed E-state index contributed by atoms with van der Waals surface area (Å²) in [6.45, 7) is 1.75. The van der Waals surface area contributed by atoms with Crippen LogP contribution in [0.25, 0.3) is 10.8 Å². The third-order valence-electron chi connectivity index (χ3n) is 6.00. The lowest BCUT2D eigenvalue weighted by Crippen LogP contribution is -3.13. The van der Waals surface area contributed by atoms with Gasteiger partial charge in [-0.1, -0.05) is 60.1 Å². The van der Waals surface area contributed by atoms with E-state index in [1.165, 1.54) is 34.6 Å². The van der Waals surface area contributed by atoms with Crippen molar-refractivity contribution in [2.24, 2.45) is 0 Å². The first-order chi connectivity index (χ1) is 16.8. The smallest absolute Gasteiger partial charge is 0.369 e. The monoisotopic (exact) mass is 563 g/mol. The van der Waals surface area contributed by atoms with Gasteiger partial charge >= 0.3 is 5.97 Å². The van der Waals surface area contributed by atoms with Crippen LogP contribution in [0, 0.1) is 0 Å². The topological polar surface area (TPSA) is 87.9 Å². The first-order valence-corrected chi connectivity index (χ1v) is 13.6. The summed E-state index contributed by atoms with van der Waals surface area (Å²) in [6, 6.07) is 20.9. The molecule has 4 aromatic rings. The number of fused-ring (bicyclic) bond motifs is 2. The van der Waals surface area contributed by atoms with Crippen LogP contribution in [0.15, 0.2) is 83.1 Å². The zero-order valence-corrected chi connectivity index (χ0v) is 22.8. The van der Waals surface area contributed by atoms with Crippen molar-refractivity contribution in [2.75, 3.05) is 13.7 Å². The van der Waals surface area contributed by atoms with Gasteiger partial charge in [-0.3, -0.25) is 0 Å². The SMILES string of the molecule is COC(=O)[C@H](c1ccccc1Cl)[NH+]1CCc2sccc2C1.O=S(=O)([O-])c1ccc2ccccc2c1.S. The van der Waals surface area contributed by atoms with E-state index in [2.05, 4.69) is 11.4 Å². The van der Waals surface area contributed by atoms with Crippen molar-refractivity contribution in [1.82, 2.24) is 0 Å². The molecule has 1 aromatic heterocycles. The van der Waals surface area contributed by atoms with Gasteiger partial charge in [0, 0.05) is 22.4 Å². The Labute approximate surface area is 226 Å². The van der Waals surface area contributed by atoms with E-state index >= 15 is 0 Å². The standard InChI is InChI=1S/C16H16ClNO2S.C10H8O3S.H2S/c1-20-16(19)15(12-4-2-3-5-13(12)17)18-8-6-14-11(10-18)7-9-21-14;11-14(12,13)10-6-5-8-3-1-2-4-9(8)7-10;/h2-5,7,9,15H,6,8,10H2,1H3;1-7H,(H,11,12,13);1H2/t15-;;/m0../s1. The van der Waals surface area contributed by atoms with E-state index < -0.39 is 10.1 Å². The van der Waals surface area contributed by atoms with E-state index in [9.17, 15) is 17.8 Å². The Morgan fingerprint density at radius 3 is 2.44 bits per heavy atom. The number of hydrogen-bond donors (Lipinski definition) is 1. The second-order valence-electron chi connectivity index (χ2n) is 8.14. The Kier molecular flexibility index (Phi) is 9.57. The molecule has 3 aromatic carbocycles. The molecule has 0 spiro atoms. The highest BCUT2D eigenvalue weighted by Crippen LogP contribution is 2.24. The quantitative estimate of drug-likeness (QED) is 0.298. The minimum Gasteiger partial charge on any atom is -0.744 e. The summed E-state index contributed by atoms with van der Waals surface area (Å²) in [5.74, 6) is -0.225. The molecule has 2 heterocycles. The van der Waals surface area contributed by atoms with E-state index in [1.807, 2.05) is 36.4 Å². The van der Waals surface area contributed by atoms with Crippen molar-refractivity contribution in [3.8, 4) is 0 Å². The van der Waals surface area contributed by atoms with Gasteiger partial charge < -0.3 is 14.2 Å². The summed E-state index contributed by atoms with van der Waals surface area (Å²) >= 11 is 8.10. The number of halogens is 1. The second kappa shape index (κ2) is 12.2. The van der Waals surface area contributed by atoms with Crippen LogP contribution in [0.2, 0.25) is 5.02 Å². The van der Waals surface area contributed by atoms with Gasteiger partial charge in [0.05, 0.1) is 23.6 Å². The highest BCUT2D eigenvalue weighted by Gasteiger charge is 2.36. The molecule has 1 unspecified atom stereocenters. The average molecular weight is 564 g/mol. The van der Waals surface area contributed by atoms with E-state index in [0.717, 1.165) is 35.8 Å². The largest absolute Gasteiger partial charge is 0.744 e. The number of ether oxygens (including phenoxy) is 1. The summed E-state index contributed by atoms with van der Waals surface area (Å²) in [5.41, 5.74) is 2.18. The van der Waals surface area contributed by atoms with Crippen LogP contribution in [0.5, 0.6) is 0 Å². The highest BCUT2D eigenvalue weighted by molar-refractivity contribution is 7.85. The van der Waals surface area contributed by atoms with Crippen LogP contribution in [-0.4, -0.2) is 32.6 Å². The zero-order valence-electron chi connectivity index (χ0n) is 19.4. The average Bonchev–Trinajstić information content (AvgIpc) is 3.33. The Balaban J connectivity index is 0.000000210. The lowest BCUT2D eigenvalue weighted by Gasteiger charge is -2.30. The van der Waals surface area contributed by atoms with Crippen LogP contribution < -0.4 is 4.90 Å². The van der Waals surface area contributed by atoms with Crippen molar-refractivity contribution in [3.05, 3.63) is 99.2 Å². The molecule has 0 saturated heterocycles. The first kappa shape index (κ1) is 28.2. The molecule has 1 aliphatic rings. The lowest BCUT2D eigenvalue weighted by molar-refractivity contribution is -0.938. The van der Waals surface area contributed by atoms with Crippen LogP contribution >= 0.6 is 36.4 Å². The molecule has 0 fully saturated rings. The first-order valence-electron chi connectivity index (χ1n) is 10.9. The maximum Gasteiger partial charge on any atom is 0.369 e. The molecular formula is C26H26ClNO5S3. The van der Waals surface area contributed by atoms with Crippen LogP contribution in [0.4, 0.5) is 0 Å². The fourth-order valence-corrected chi connectivity index (χ4v) is 5.92. The summed E-state index contributed by atoms with van der Waals surface area (Å²) < 4.78 is 37.2. The zero-order chi connectivity index (χ0) is 25.0. The molecule has 0 aliphatic carbocycles. The Morgan fingerprint density at radius 2 is 1.75 bits per heavy atom. The van der Waals surface area contributed by atoms with Gasteiger partial charge in [-0.2, -0.15) is 13.5 Å². The summed E-state index contributed by atoms with van der Waals surface area (Å²) in [7, 11) is -2.91. The number of quaternary nitrogens is 1. The van der Waals surface area contributed by atoms with Crippen molar-refractivity contribution in [2.45, 2.75) is 23.9 Å². The van der Waals surface area contributed by atoms with Gasteiger partial charge in [-0.25, -0.2) is 13.2 Å². The Morgan fingerprint density at radius 1 is 1.06 bits per heavy atom. The minimum atomic E-state index is -4.34. The number of hydrogen-bond acceptors (Lipinski definition) is 6. The molecule has 1 aliphatic heterocycles. The van der Waals surface area contributed by atoms with Crippen LogP contribution in [0.1, 0.15) is 22.0 Å². The number of carbonyl (C=O) groups excluding carboxylic acids is 1. The van der Waals surface area contributed by atoms with Gasteiger partial charge in [-0.15, -0.1) is 11.3 Å². The highest BCUT2D eigenvalue weighted by atomic mass is 35.5. The molecule has 0 amide bonds. The minimum absolute atomic E-state index is 0. The molecule has 1 N–H and O–H groups in total. The number of esters is 1. The molecule has 2 atom stereocenters. The number of thiophene rings is 1. The fourth-order valence-electron chi connectivity index (χ4n) is 4.26. The third-order valence-corrected chi connectivity index (χ3v) is 8.20. The summed E-state index contributed by atoms with van der Waals surface area (Å²) in [4.78, 5) is 14.8. The number of benzene rings is 3. The summed E-state index contributed by atoms with van der Waals surface area (Å²) in [5, 5.41) is 4.41. The molecule has 5 rings (SSSR count). The third kappa shape index (κ3) is 6.47. The lowest BCUT2D eigenvalue weighted by atomic mass is 10.0. The van der Waals surface area contributed by atoms with E-state index in [1.54, 1.807) is 29.5 Å². The van der Waals surface area contributed by atoms with E-state index in [4.69, 9.17) is 16.3 Å². The maximum atomic E-state index is 12.3. The molecule has 0 bridgehead atoms. The molecule has 190 valence electrons. The van der Waals surface area contributed by atoms with Crippen LogP contribution in [0.3, 0.4) is 0 Å². The van der Waals surface area contributed by atoms with Gasteiger partial charge in [0.25, 0.3) is 0 Å². The molecule has 0 saturated carbocycles. The normalized spacial score (nSPS) is 15.6. The number of rotatable bonds is 4. The van der Waals surface area contributed by atoms with Gasteiger partial charge in [-0.05, 0) is 40.4 Å². The maximum absolute atomic E-state index is 12.3. The fraction of sp³-hybridized carbons (Fsp3) is 0.192. The van der Waals surface area contributed by atoms with Crippen molar-refractivity contribution >= 4 is 63.3 Å². The molecule has 6 nitrogen and oxygen atoms in total. The number of methoxy groups -OCH3 is 1. The van der Waals surface area contributed by atoms with Gasteiger partial charge in [0.2, 0.25) is 6.04 Å². The van der Waals surface area contributed by atoms with Crippen molar-refractivity contribution < 1.29 is 27.4 Å². The second-order valence-corrected chi connectivity index (χ2v) is 10.9. The van der Waals surface area contributed by atoms with Crippen molar-refractivity contribution in [3.63, 3.8) is 0 Å². The predicted octanol–water partition coefficient (Wildman–Crippen LogP) is 4.11. The summed E-state index contributed by atoms with van der Waals surface area (Å²) in [6.07, 6.45) is 1.00. The van der Waals surface area contributed by atoms with Gasteiger partial charge in [0.15, 0.2) is 0 Å². The number of nitrogens with one attached hydrogen (secondary N) is 1.